The fourth-order valence-electron chi connectivity index (χ4n) is 3.75. The summed E-state index contributed by atoms with van der Waals surface area (Å²) < 4.78 is 32.2. The van der Waals surface area contributed by atoms with E-state index in [4.69, 9.17) is 16.3 Å². The van der Waals surface area contributed by atoms with Gasteiger partial charge in [0, 0.05) is 35.8 Å². The quantitative estimate of drug-likeness (QED) is 0.457. The molecule has 1 aliphatic carbocycles. The van der Waals surface area contributed by atoms with Gasteiger partial charge in [-0.3, -0.25) is 30.7 Å². The van der Waals surface area contributed by atoms with E-state index in [9.17, 15) is 22.8 Å². The maximum Gasteiger partial charge on any atom is 0.414 e. The van der Waals surface area contributed by atoms with Crippen molar-refractivity contribution >= 4 is 56.8 Å². The Bertz CT molecular complexity index is 1460. The predicted octanol–water partition coefficient (Wildman–Crippen LogP) is 3.01. The number of thiophene rings is 1. The first-order chi connectivity index (χ1) is 18.1. The van der Waals surface area contributed by atoms with E-state index in [0.29, 0.717) is 15.3 Å². The van der Waals surface area contributed by atoms with Gasteiger partial charge in [0.05, 0.1) is 21.2 Å². The second-order valence-corrected chi connectivity index (χ2v) is 14.0. The number of nitrogens with zero attached hydrogens (tertiary/aromatic N) is 3. The van der Waals surface area contributed by atoms with Gasteiger partial charge in [0.1, 0.15) is 11.1 Å². The van der Waals surface area contributed by atoms with Crippen LogP contribution >= 0.6 is 22.9 Å². The molecule has 15 heteroatoms. The third kappa shape index (κ3) is 6.68. The van der Waals surface area contributed by atoms with Crippen LogP contribution < -0.4 is 16.2 Å². The van der Waals surface area contributed by atoms with Crippen molar-refractivity contribution in [2.24, 2.45) is 10.9 Å². The van der Waals surface area contributed by atoms with E-state index in [0.717, 1.165) is 17.1 Å². The molecule has 2 aromatic rings. The largest absolute Gasteiger partial charge is 0.444 e. The van der Waals surface area contributed by atoms with Gasteiger partial charge in [0.15, 0.2) is 0 Å². The van der Waals surface area contributed by atoms with Crippen molar-refractivity contribution in [3.63, 3.8) is 0 Å². The topological polar surface area (TPSA) is 159 Å². The zero-order valence-electron chi connectivity index (χ0n) is 22.0. The highest BCUT2D eigenvalue weighted by Gasteiger charge is 2.44. The molecule has 1 aliphatic heterocycles. The number of carbonyl (C=O) groups excluding carboxylic acids is 3. The number of guanidine groups is 1. The Hall–Kier alpha value is -3.23. The van der Waals surface area contributed by atoms with Crippen molar-refractivity contribution in [1.29, 1.82) is 0 Å². The number of aliphatic imine (C=N–C) groups is 1. The molecule has 39 heavy (non-hydrogen) atoms. The summed E-state index contributed by atoms with van der Waals surface area (Å²) in [5.74, 6) is -1.41. The maximum absolute atomic E-state index is 13.0. The van der Waals surface area contributed by atoms with E-state index in [1.807, 2.05) is 0 Å². The van der Waals surface area contributed by atoms with Crippen LogP contribution in [0.1, 0.15) is 55.8 Å². The van der Waals surface area contributed by atoms with Gasteiger partial charge < -0.3 is 4.74 Å². The number of hydrazine groups is 1. The van der Waals surface area contributed by atoms with E-state index in [-0.39, 0.29) is 28.4 Å². The molecule has 0 aromatic carbocycles. The third-order valence-electron chi connectivity index (χ3n) is 5.85. The minimum Gasteiger partial charge on any atom is -0.444 e. The standard InChI is InChI=1S/C24H29ClN6O6S2/c1-23(2,3)37-22(34)27-21-28-24(4,12-39(35,36)31(21)5)18-16(25)9-17(38-18)14-8-15(11-26-10-14)20(33)30-29-19(32)13-6-7-13/h8-11,13H,6-7,12H2,1-5H3,(H,29,32)(H,30,33)(H,27,28,34). The molecular weight excluding hydrogens is 568 g/mol. The number of nitrogens with one attached hydrogen (secondary N) is 3. The summed E-state index contributed by atoms with van der Waals surface area (Å²) in [7, 11) is -2.59. The Morgan fingerprint density at radius 2 is 1.87 bits per heavy atom. The number of hydrogen-bond donors (Lipinski definition) is 3. The van der Waals surface area contributed by atoms with Crippen LogP contribution in [0.4, 0.5) is 4.79 Å². The number of hydrogen-bond acceptors (Lipinski definition) is 9. The van der Waals surface area contributed by atoms with Gasteiger partial charge in [-0.15, -0.1) is 11.3 Å². The summed E-state index contributed by atoms with van der Waals surface area (Å²) in [5.41, 5.74) is 3.44. The fourth-order valence-corrected chi connectivity index (χ4v) is 6.92. The fraction of sp³-hybridized carbons (Fsp3) is 0.458. The van der Waals surface area contributed by atoms with Crippen LogP contribution in [0.25, 0.3) is 10.4 Å². The van der Waals surface area contributed by atoms with Gasteiger partial charge in [0.25, 0.3) is 5.91 Å². The number of ether oxygens (including phenoxy) is 1. The lowest BCUT2D eigenvalue weighted by Crippen LogP contribution is -2.53. The number of amides is 3. The molecule has 0 spiro atoms. The Kier molecular flexibility index (Phi) is 7.67. The average Bonchev–Trinajstić information content (AvgIpc) is 3.60. The molecule has 210 valence electrons. The Balaban J connectivity index is 1.61. The molecule has 3 N–H and O–H groups in total. The predicted molar refractivity (Wildman–Crippen MR) is 147 cm³/mol. The first kappa shape index (κ1) is 28.8. The second-order valence-electron chi connectivity index (χ2n) is 10.5. The van der Waals surface area contributed by atoms with Crippen molar-refractivity contribution in [3.8, 4) is 10.4 Å². The van der Waals surface area contributed by atoms with E-state index >= 15 is 0 Å². The SMILES string of the molecule is CN1C(NC(=O)OC(C)(C)C)=NC(C)(c2sc(-c3cncc(C(=O)NNC(=O)C4CC4)c3)cc2Cl)CS1(=O)=O. The second kappa shape index (κ2) is 10.4. The number of rotatable bonds is 4. The number of halogens is 1. The van der Waals surface area contributed by atoms with E-state index in [1.54, 1.807) is 39.8 Å². The van der Waals surface area contributed by atoms with Gasteiger partial charge in [-0.25, -0.2) is 22.5 Å². The van der Waals surface area contributed by atoms with Gasteiger partial charge in [-0.2, -0.15) is 0 Å². The molecule has 4 rings (SSSR count). The van der Waals surface area contributed by atoms with E-state index in [2.05, 4.69) is 26.1 Å². The number of carbonyl (C=O) groups is 3. The van der Waals surface area contributed by atoms with Crippen molar-refractivity contribution in [2.75, 3.05) is 12.8 Å². The zero-order chi connectivity index (χ0) is 28.8. The average molecular weight is 597 g/mol. The molecule has 3 heterocycles. The van der Waals surface area contributed by atoms with Gasteiger partial charge in [-0.05, 0) is 52.7 Å². The minimum absolute atomic E-state index is 0.0614. The minimum atomic E-state index is -3.88. The first-order valence-corrected chi connectivity index (χ1v) is 14.8. The summed E-state index contributed by atoms with van der Waals surface area (Å²) in [6.45, 7) is 6.67. The van der Waals surface area contributed by atoms with Crippen LogP contribution in [-0.2, 0) is 25.1 Å². The molecule has 0 bridgehead atoms. The van der Waals surface area contributed by atoms with Crippen LogP contribution in [-0.4, -0.2) is 60.0 Å². The molecule has 0 radical (unpaired) electrons. The molecular formula is C24H29ClN6O6S2. The summed E-state index contributed by atoms with van der Waals surface area (Å²) in [6.07, 6.45) is 3.67. The lowest BCUT2D eigenvalue weighted by atomic mass is 10.0. The zero-order valence-corrected chi connectivity index (χ0v) is 24.4. The lowest BCUT2D eigenvalue weighted by Gasteiger charge is -2.35. The van der Waals surface area contributed by atoms with Crippen LogP contribution in [0.3, 0.4) is 0 Å². The normalized spacial score (nSPS) is 20.6. The molecule has 2 aliphatic rings. The van der Waals surface area contributed by atoms with Crippen LogP contribution in [0.15, 0.2) is 29.5 Å². The van der Waals surface area contributed by atoms with E-state index < -0.39 is 38.9 Å². The molecule has 1 fully saturated rings. The summed E-state index contributed by atoms with van der Waals surface area (Å²) in [6, 6.07) is 3.23. The summed E-state index contributed by atoms with van der Waals surface area (Å²) >= 11 is 7.78. The number of pyridine rings is 1. The van der Waals surface area contributed by atoms with Crippen molar-refractivity contribution < 1.29 is 27.5 Å². The molecule has 0 saturated heterocycles. The Morgan fingerprint density at radius 3 is 2.51 bits per heavy atom. The molecule has 12 nitrogen and oxygen atoms in total. The third-order valence-corrected chi connectivity index (χ3v) is 9.63. The van der Waals surface area contributed by atoms with Gasteiger partial charge in [0.2, 0.25) is 21.9 Å². The highest BCUT2D eigenvalue weighted by molar-refractivity contribution is 7.89. The Labute approximate surface area is 235 Å². The highest BCUT2D eigenvalue weighted by atomic mass is 35.5. The van der Waals surface area contributed by atoms with Crippen LogP contribution in [0, 0.1) is 5.92 Å². The number of aromatic nitrogens is 1. The van der Waals surface area contributed by atoms with Gasteiger partial charge in [-0.1, -0.05) is 11.6 Å². The van der Waals surface area contributed by atoms with Crippen molar-refractivity contribution in [2.45, 2.75) is 51.7 Å². The molecule has 1 unspecified atom stereocenters. The summed E-state index contributed by atoms with van der Waals surface area (Å²) in [5, 5.41) is 2.69. The van der Waals surface area contributed by atoms with E-state index in [1.165, 1.54) is 30.8 Å². The smallest absolute Gasteiger partial charge is 0.414 e. The lowest BCUT2D eigenvalue weighted by molar-refractivity contribution is -0.123. The number of alkyl carbamates (subject to hydrolysis) is 1. The molecule has 1 atom stereocenters. The van der Waals surface area contributed by atoms with Crippen LogP contribution in [0.2, 0.25) is 5.02 Å². The summed E-state index contributed by atoms with van der Waals surface area (Å²) in [4.78, 5) is 46.5. The van der Waals surface area contributed by atoms with Crippen LogP contribution in [0.5, 0.6) is 0 Å². The Morgan fingerprint density at radius 1 is 1.18 bits per heavy atom. The number of sulfonamides is 1. The maximum atomic E-state index is 13.0. The monoisotopic (exact) mass is 596 g/mol. The molecule has 3 amide bonds. The van der Waals surface area contributed by atoms with Crippen molar-refractivity contribution in [1.82, 2.24) is 25.5 Å². The van der Waals surface area contributed by atoms with Gasteiger partial charge >= 0.3 is 6.09 Å². The first-order valence-electron chi connectivity index (χ1n) is 12.0. The van der Waals surface area contributed by atoms with Crippen molar-refractivity contribution in [3.05, 3.63) is 40.0 Å². The molecule has 1 saturated carbocycles. The highest BCUT2D eigenvalue weighted by Crippen LogP contribution is 2.44. The molecule has 2 aromatic heterocycles.